The monoisotopic (exact) mass is 176 g/mol. The molecule has 0 aromatic heterocycles. The molecule has 0 heteroatoms. The lowest BCUT2D eigenvalue weighted by Crippen LogP contribution is -1.93. The summed E-state index contributed by atoms with van der Waals surface area (Å²) in [4.78, 5) is 0. The molecule has 0 radical (unpaired) electrons. The quantitative estimate of drug-likeness (QED) is 0.642. The van der Waals surface area contributed by atoms with E-state index in [1.54, 1.807) is 0 Å². The van der Waals surface area contributed by atoms with Crippen molar-refractivity contribution in [3.63, 3.8) is 0 Å². The normalized spacial score (nSPS) is 12.8. The maximum atomic E-state index is 2.32. The predicted molar refractivity (Wildman–Crippen MR) is 59.1 cm³/mol. The molecule has 0 N–H and O–H groups in total. The summed E-state index contributed by atoms with van der Waals surface area (Å²) in [5.41, 5.74) is 2.87. The average Bonchev–Trinajstić information content (AvgIpc) is 2.14. The van der Waals surface area contributed by atoms with Crippen LogP contribution in [0.5, 0.6) is 0 Å². The van der Waals surface area contributed by atoms with E-state index < -0.39 is 0 Å². The molecule has 0 spiro atoms. The first-order valence-corrected chi connectivity index (χ1v) is 5.30. The van der Waals surface area contributed by atoms with Crippen LogP contribution < -0.4 is 0 Å². The Morgan fingerprint density at radius 1 is 1.31 bits per heavy atom. The van der Waals surface area contributed by atoms with E-state index >= 15 is 0 Å². The topological polar surface area (TPSA) is 0 Å². The Balaban J connectivity index is 2.60. The molecule has 0 fully saturated rings. The van der Waals surface area contributed by atoms with Gasteiger partial charge in [-0.05, 0) is 24.8 Å². The van der Waals surface area contributed by atoms with Gasteiger partial charge in [-0.1, -0.05) is 56.5 Å². The minimum Gasteiger partial charge on any atom is -0.0654 e. The summed E-state index contributed by atoms with van der Waals surface area (Å²) in [5, 5.41) is 0. The molecule has 0 amide bonds. The molecule has 1 unspecified atom stereocenters. The van der Waals surface area contributed by atoms with E-state index in [-0.39, 0.29) is 0 Å². The fourth-order valence-electron chi connectivity index (χ4n) is 1.65. The Labute approximate surface area is 82.0 Å². The maximum absolute atomic E-state index is 2.32. The highest BCUT2D eigenvalue weighted by atomic mass is 14.1. The number of aryl methyl sites for hydroxylation is 1. The van der Waals surface area contributed by atoms with Crippen molar-refractivity contribution in [2.75, 3.05) is 0 Å². The summed E-state index contributed by atoms with van der Waals surface area (Å²) < 4.78 is 0. The zero-order valence-electron chi connectivity index (χ0n) is 9.01. The highest BCUT2D eigenvalue weighted by Crippen LogP contribution is 2.21. The zero-order valence-corrected chi connectivity index (χ0v) is 9.01. The van der Waals surface area contributed by atoms with Crippen LogP contribution in [-0.2, 0) is 0 Å². The van der Waals surface area contributed by atoms with Crippen LogP contribution in [0.4, 0.5) is 0 Å². The molecule has 0 aliphatic rings. The summed E-state index contributed by atoms with van der Waals surface area (Å²) in [6.07, 6.45) is 3.96. The lowest BCUT2D eigenvalue weighted by molar-refractivity contribution is 0.624. The SMILES string of the molecule is CCCCC(C)c1cccc(C)c1. The minimum absolute atomic E-state index is 0.722. The van der Waals surface area contributed by atoms with Gasteiger partial charge in [-0.15, -0.1) is 0 Å². The molecule has 72 valence electrons. The van der Waals surface area contributed by atoms with E-state index in [1.165, 1.54) is 30.4 Å². The highest BCUT2D eigenvalue weighted by molar-refractivity contribution is 5.24. The fourth-order valence-corrected chi connectivity index (χ4v) is 1.65. The summed E-state index contributed by atoms with van der Waals surface area (Å²) in [5.74, 6) is 0.722. The van der Waals surface area contributed by atoms with E-state index in [9.17, 15) is 0 Å². The number of hydrogen-bond donors (Lipinski definition) is 0. The Morgan fingerprint density at radius 2 is 2.08 bits per heavy atom. The van der Waals surface area contributed by atoms with Gasteiger partial charge in [-0.3, -0.25) is 0 Å². The van der Waals surface area contributed by atoms with Crippen molar-refractivity contribution in [2.45, 2.75) is 46.0 Å². The summed E-state index contributed by atoms with van der Waals surface area (Å²) in [7, 11) is 0. The van der Waals surface area contributed by atoms with Crippen LogP contribution in [0.25, 0.3) is 0 Å². The van der Waals surface area contributed by atoms with Gasteiger partial charge in [-0.2, -0.15) is 0 Å². The van der Waals surface area contributed by atoms with Gasteiger partial charge in [-0.25, -0.2) is 0 Å². The van der Waals surface area contributed by atoms with Gasteiger partial charge >= 0.3 is 0 Å². The number of rotatable bonds is 4. The van der Waals surface area contributed by atoms with Gasteiger partial charge in [0.05, 0.1) is 0 Å². The third-order valence-corrected chi connectivity index (χ3v) is 2.60. The first-order valence-electron chi connectivity index (χ1n) is 5.30. The second kappa shape index (κ2) is 5.06. The molecule has 0 bridgehead atoms. The highest BCUT2D eigenvalue weighted by Gasteiger charge is 2.03. The zero-order chi connectivity index (χ0) is 9.68. The van der Waals surface area contributed by atoms with E-state index in [0.29, 0.717) is 0 Å². The molecule has 1 aromatic rings. The smallest absolute Gasteiger partial charge is 0.0190 e. The third kappa shape index (κ3) is 3.22. The molecule has 0 nitrogen and oxygen atoms in total. The Kier molecular flexibility index (Phi) is 4.01. The summed E-state index contributed by atoms with van der Waals surface area (Å²) in [6.45, 7) is 6.74. The van der Waals surface area contributed by atoms with Gasteiger partial charge in [0.25, 0.3) is 0 Å². The standard InChI is InChI=1S/C13H20/c1-4-5-8-12(3)13-9-6-7-11(2)10-13/h6-7,9-10,12H,4-5,8H2,1-3H3. The molecule has 0 aliphatic heterocycles. The first kappa shape index (κ1) is 10.3. The number of hydrogen-bond acceptors (Lipinski definition) is 0. The van der Waals surface area contributed by atoms with Crippen LogP contribution in [0.15, 0.2) is 24.3 Å². The molecule has 0 aliphatic carbocycles. The largest absolute Gasteiger partial charge is 0.0654 e. The molecule has 0 heterocycles. The van der Waals surface area contributed by atoms with Crippen LogP contribution in [0.3, 0.4) is 0 Å². The van der Waals surface area contributed by atoms with Crippen molar-refractivity contribution in [3.8, 4) is 0 Å². The molecular formula is C13H20. The van der Waals surface area contributed by atoms with Crippen molar-refractivity contribution in [1.29, 1.82) is 0 Å². The first-order chi connectivity index (χ1) is 6.24. The van der Waals surface area contributed by atoms with E-state index in [0.717, 1.165) is 5.92 Å². The average molecular weight is 176 g/mol. The van der Waals surface area contributed by atoms with Crippen LogP contribution in [0, 0.1) is 6.92 Å². The van der Waals surface area contributed by atoms with Crippen molar-refractivity contribution in [3.05, 3.63) is 35.4 Å². The van der Waals surface area contributed by atoms with Crippen molar-refractivity contribution in [2.24, 2.45) is 0 Å². The molecule has 1 atom stereocenters. The second-order valence-electron chi connectivity index (χ2n) is 3.96. The fraction of sp³-hybridized carbons (Fsp3) is 0.538. The van der Waals surface area contributed by atoms with Crippen molar-refractivity contribution >= 4 is 0 Å². The molecule has 0 saturated carbocycles. The van der Waals surface area contributed by atoms with E-state index in [1.807, 2.05) is 0 Å². The summed E-state index contributed by atoms with van der Waals surface area (Å²) in [6, 6.07) is 8.87. The predicted octanol–water partition coefficient (Wildman–Crippen LogP) is 4.29. The lowest BCUT2D eigenvalue weighted by atomic mass is 9.94. The van der Waals surface area contributed by atoms with Crippen LogP contribution in [0.2, 0.25) is 0 Å². The van der Waals surface area contributed by atoms with E-state index in [4.69, 9.17) is 0 Å². The van der Waals surface area contributed by atoms with Crippen molar-refractivity contribution < 1.29 is 0 Å². The van der Waals surface area contributed by atoms with Crippen molar-refractivity contribution in [1.82, 2.24) is 0 Å². The van der Waals surface area contributed by atoms with E-state index in [2.05, 4.69) is 45.0 Å². The van der Waals surface area contributed by atoms with Crippen LogP contribution in [-0.4, -0.2) is 0 Å². The summed E-state index contributed by atoms with van der Waals surface area (Å²) >= 11 is 0. The Hall–Kier alpha value is -0.780. The van der Waals surface area contributed by atoms with Gasteiger partial charge < -0.3 is 0 Å². The molecule has 0 saturated heterocycles. The van der Waals surface area contributed by atoms with Gasteiger partial charge in [0, 0.05) is 0 Å². The number of benzene rings is 1. The van der Waals surface area contributed by atoms with Gasteiger partial charge in [0.1, 0.15) is 0 Å². The van der Waals surface area contributed by atoms with Gasteiger partial charge in [0.2, 0.25) is 0 Å². The van der Waals surface area contributed by atoms with Gasteiger partial charge in [0.15, 0.2) is 0 Å². The molecule has 1 aromatic carbocycles. The molecule has 13 heavy (non-hydrogen) atoms. The Morgan fingerprint density at radius 3 is 2.69 bits per heavy atom. The Bertz CT molecular complexity index is 250. The van der Waals surface area contributed by atoms with Crippen LogP contribution >= 0.6 is 0 Å². The second-order valence-corrected chi connectivity index (χ2v) is 3.96. The number of unbranched alkanes of at least 4 members (excludes halogenated alkanes) is 1. The maximum Gasteiger partial charge on any atom is -0.0190 e. The lowest BCUT2D eigenvalue weighted by Gasteiger charge is -2.11. The van der Waals surface area contributed by atoms with Crippen LogP contribution in [0.1, 0.15) is 50.2 Å². The molecule has 1 rings (SSSR count). The minimum atomic E-state index is 0.722. The third-order valence-electron chi connectivity index (χ3n) is 2.60. The molecular weight excluding hydrogens is 156 g/mol.